The maximum Gasteiger partial charge on any atom is 0.246 e. The summed E-state index contributed by atoms with van der Waals surface area (Å²) in [5.41, 5.74) is 0.632. The average molecular weight is 299 g/mol. The first-order chi connectivity index (χ1) is 9.48. The van der Waals surface area contributed by atoms with E-state index >= 15 is 0 Å². The van der Waals surface area contributed by atoms with Crippen molar-refractivity contribution in [3.05, 3.63) is 23.8 Å². The number of hydrogen-bond donors (Lipinski definition) is 1. The molecule has 6 heteroatoms. The predicted octanol–water partition coefficient (Wildman–Crippen LogP) is 1.61. The molecule has 5 nitrogen and oxygen atoms in total. The van der Waals surface area contributed by atoms with Crippen molar-refractivity contribution < 1.29 is 18.3 Å². The van der Waals surface area contributed by atoms with E-state index in [1.807, 2.05) is 0 Å². The van der Waals surface area contributed by atoms with E-state index in [9.17, 15) is 8.42 Å². The van der Waals surface area contributed by atoms with Crippen molar-refractivity contribution >= 4 is 10.0 Å². The van der Waals surface area contributed by atoms with Gasteiger partial charge in [-0.2, -0.15) is 4.31 Å². The highest BCUT2D eigenvalue weighted by Crippen LogP contribution is 2.30. The second-order valence-electron chi connectivity index (χ2n) is 5.25. The van der Waals surface area contributed by atoms with Gasteiger partial charge >= 0.3 is 0 Å². The van der Waals surface area contributed by atoms with E-state index in [-0.39, 0.29) is 17.3 Å². The van der Waals surface area contributed by atoms with Crippen molar-refractivity contribution in [1.82, 2.24) is 4.31 Å². The summed E-state index contributed by atoms with van der Waals surface area (Å²) in [6.45, 7) is 3.02. The van der Waals surface area contributed by atoms with Crippen LogP contribution in [0.3, 0.4) is 0 Å². The fourth-order valence-electron chi connectivity index (χ4n) is 2.53. The van der Waals surface area contributed by atoms with Gasteiger partial charge in [-0.25, -0.2) is 8.42 Å². The third kappa shape index (κ3) is 2.97. The van der Waals surface area contributed by atoms with Crippen LogP contribution in [0.1, 0.15) is 25.3 Å². The standard InChI is InChI=1S/C14H21NO4S/c1-11-4-3-7-15(9-11)20(17,18)14-6-5-12(10-16)8-13(14)19-2/h5-6,8,11,16H,3-4,7,9-10H2,1-2H3. The summed E-state index contributed by atoms with van der Waals surface area (Å²) < 4.78 is 32.1. The molecular formula is C14H21NO4S. The molecule has 1 aliphatic heterocycles. The van der Waals surface area contributed by atoms with Crippen molar-refractivity contribution in [1.29, 1.82) is 0 Å². The van der Waals surface area contributed by atoms with E-state index < -0.39 is 10.0 Å². The summed E-state index contributed by atoms with van der Waals surface area (Å²) in [4.78, 5) is 0.173. The molecule has 112 valence electrons. The quantitative estimate of drug-likeness (QED) is 0.917. The van der Waals surface area contributed by atoms with Crippen LogP contribution in [-0.2, 0) is 16.6 Å². The fourth-order valence-corrected chi connectivity index (χ4v) is 4.26. The summed E-state index contributed by atoms with van der Waals surface area (Å²) in [6.07, 6.45) is 1.95. The lowest BCUT2D eigenvalue weighted by atomic mass is 10.0. The van der Waals surface area contributed by atoms with Gasteiger partial charge in [0.05, 0.1) is 13.7 Å². The number of methoxy groups -OCH3 is 1. The summed E-state index contributed by atoms with van der Waals surface area (Å²) in [5.74, 6) is 0.663. The molecule has 20 heavy (non-hydrogen) atoms. The molecule has 1 saturated heterocycles. The van der Waals surface area contributed by atoms with Gasteiger partial charge in [-0.1, -0.05) is 13.0 Å². The Morgan fingerprint density at radius 1 is 1.45 bits per heavy atom. The Balaban J connectivity index is 2.38. The number of piperidine rings is 1. The Bertz CT molecular complexity index is 571. The van der Waals surface area contributed by atoms with Crippen LogP contribution in [-0.4, -0.2) is 38.0 Å². The topological polar surface area (TPSA) is 66.8 Å². The van der Waals surface area contributed by atoms with E-state index in [1.165, 1.54) is 17.5 Å². The zero-order valence-corrected chi connectivity index (χ0v) is 12.7. The molecule has 1 aliphatic rings. The Hall–Kier alpha value is -1.11. The van der Waals surface area contributed by atoms with Crippen molar-refractivity contribution in [2.24, 2.45) is 5.92 Å². The van der Waals surface area contributed by atoms with Crippen molar-refractivity contribution in [3.8, 4) is 5.75 Å². The smallest absolute Gasteiger partial charge is 0.246 e. The molecule has 1 N–H and O–H groups in total. The Labute approximate surface area is 120 Å². The zero-order chi connectivity index (χ0) is 14.8. The van der Waals surface area contributed by atoms with E-state index in [0.717, 1.165) is 12.8 Å². The number of sulfonamides is 1. The number of benzene rings is 1. The Kier molecular flexibility index (Phi) is 4.67. The second-order valence-corrected chi connectivity index (χ2v) is 7.16. The van der Waals surface area contributed by atoms with Gasteiger partial charge in [-0.15, -0.1) is 0 Å². The molecule has 1 aromatic carbocycles. The molecule has 1 heterocycles. The number of ether oxygens (including phenoxy) is 1. The SMILES string of the molecule is COc1cc(CO)ccc1S(=O)(=O)N1CCCC(C)C1. The van der Waals surface area contributed by atoms with Gasteiger partial charge < -0.3 is 9.84 Å². The first-order valence-electron chi connectivity index (χ1n) is 6.77. The maximum atomic E-state index is 12.7. The summed E-state index contributed by atoms with van der Waals surface area (Å²) in [7, 11) is -2.10. The lowest BCUT2D eigenvalue weighted by Crippen LogP contribution is -2.39. The van der Waals surface area contributed by atoms with Gasteiger partial charge in [-0.3, -0.25) is 0 Å². The second kappa shape index (κ2) is 6.11. The van der Waals surface area contributed by atoms with Crippen LogP contribution in [0.4, 0.5) is 0 Å². The van der Waals surface area contributed by atoms with Crippen LogP contribution in [0, 0.1) is 5.92 Å². The molecule has 2 rings (SSSR count). The molecule has 1 aromatic rings. The molecule has 0 amide bonds. The minimum Gasteiger partial charge on any atom is -0.495 e. The molecule has 1 fully saturated rings. The van der Waals surface area contributed by atoms with Crippen molar-refractivity contribution in [3.63, 3.8) is 0 Å². The van der Waals surface area contributed by atoms with Gasteiger partial charge in [0.25, 0.3) is 0 Å². The van der Waals surface area contributed by atoms with Crippen LogP contribution < -0.4 is 4.74 Å². The van der Waals surface area contributed by atoms with Gasteiger partial charge in [0.15, 0.2) is 0 Å². The van der Waals surface area contributed by atoms with Crippen LogP contribution in [0.5, 0.6) is 5.75 Å². The van der Waals surface area contributed by atoms with E-state index in [4.69, 9.17) is 9.84 Å². The summed E-state index contributed by atoms with van der Waals surface area (Å²) in [5, 5.41) is 9.12. The Morgan fingerprint density at radius 3 is 2.80 bits per heavy atom. The van der Waals surface area contributed by atoms with Crippen LogP contribution in [0.2, 0.25) is 0 Å². The van der Waals surface area contributed by atoms with Crippen molar-refractivity contribution in [2.45, 2.75) is 31.3 Å². The highest BCUT2D eigenvalue weighted by Gasteiger charge is 2.30. The number of aliphatic hydroxyl groups is 1. The van der Waals surface area contributed by atoms with Gasteiger partial charge in [0.2, 0.25) is 10.0 Å². The van der Waals surface area contributed by atoms with Gasteiger partial charge in [0, 0.05) is 13.1 Å². The maximum absolute atomic E-state index is 12.7. The van der Waals surface area contributed by atoms with Crippen LogP contribution >= 0.6 is 0 Å². The lowest BCUT2D eigenvalue weighted by molar-refractivity contribution is 0.278. The number of aliphatic hydroxyl groups excluding tert-OH is 1. The molecule has 0 bridgehead atoms. The van der Waals surface area contributed by atoms with E-state index in [2.05, 4.69) is 6.92 Å². The minimum absolute atomic E-state index is 0.141. The molecule has 0 aliphatic carbocycles. The molecule has 0 spiro atoms. The average Bonchev–Trinajstić information content (AvgIpc) is 2.46. The number of hydrogen-bond acceptors (Lipinski definition) is 4. The summed E-state index contributed by atoms with van der Waals surface area (Å²) >= 11 is 0. The minimum atomic E-state index is -3.54. The van der Waals surface area contributed by atoms with Crippen LogP contribution in [0.25, 0.3) is 0 Å². The Morgan fingerprint density at radius 2 is 2.20 bits per heavy atom. The number of nitrogens with zero attached hydrogens (tertiary/aromatic N) is 1. The van der Waals surface area contributed by atoms with E-state index in [1.54, 1.807) is 12.1 Å². The van der Waals surface area contributed by atoms with Gasteiger partial charge in [0.1, 0.15) is 10.6 Å². The summed E-state index contributed by atoms with van der Waals surface area (Å²) in [6, 6.07) is 4.70. The highest BCUT2D eigenvalue weighted by molar-refractivity contribution is 7.89. The molecule has 1 unspecified atom stereocenters. The zero-order valence-electron chi connectivity index (χ0n) is 11.9. The predicted molar refractivity (Wildman–Crippen MR) is 76.1 cm³/mol. The first-order valence-corrected chi connectivity index (χ1v) is 8.21. The first kappa shape index (κ1) is 15.3. The normalized spacial score (nSPS) is 20.9. The molecule has 0 aromatic heterocycles. The fraction of sp³-hybridized carbons (Fsp3) is 0.571. The van der Waals surface area contributed by atoms with E-state index in [0.29, 0.717) is 24.6 Å². The monoisotopic (exact) mass is 299 g/mol. The van der Waals surface area contributed by atoms with Crippen LogP contribution in [0.15, 0.2) is 23.1 Å². The number of rotatable bonds is 4. The third-order valence-electron chi connectivity index (χ3n) is 3.65. The van der Waals surface area contributed by atoms with Gasteiger partial charge in [-0.05, 0) is 36.5 Å². The molecule has 1 atom stereocenters. The molecule has 0 radical (unpaired) electrons. The third-order valence-corrected chi connectivity index (χ3v) is 5.55. The van der Waals surface area contributed by atoms with Crippen molar-refractivity contribution in [2.75, 3.05) is 20.2 Å². The highest BCUT2D eigenvalue weighted by atomic mass is 32.2. The largest absolute Gasteiger partial charge is 0.495 e. The molecule has 0 saturated carbocycles. The molecular weight excluding hydrogens is 278 g/mol. The lowest BCUT2D eigenvalue weighted by Gasteiger charge is -2.30.